The molecule has 4 rings (SSSR count). The number of aryl methyl sites for hydroxylation is 1. The van der Waals surface area contributed by atoms with Crippen LogP contribution in [0.3, 0.4) is 0 Å². The van der Waals surface area contributed by atoms with Gasteiger partial charge in [0, 0.05) is 50.8 Å². The van der Waals surface area contributed by atoms with Crippen LogP contribution < -0.4 is 5.32 Å². The van der Waals surface area contributed by atoms with E-state index in [2.05, 4.69) is 11.7 Å². The summed E-state index contributed by atoms with van der Waals surface area (Å²) in [6, 6.07) is 10.1. The summed E-state index contributed by atoms with van der Waals surface area (Å²) in [7, 11) is 3.32. The van der Waals surface area contributed by atoms with Crippen LogP contribution >= 0.6 is 11.6 Å². The summed E-state index contributed by atoms with van der Waals surface area (Å²) in [4.78, 5) is 27.5. The molecule has 1 amide bonds. The number of carbonyl (C=O) groups excluding carboxylic acids is 2. The van der Waals surface area contributed by atoms with Gasteiger partial charge in [-0.2, -0.15) is 0 Å². The van der Waals surface area contributed by atoms with Crippen molar-refractivity contribution in [2.24, 2.45) is 7.05 Å². The number of methoxy groups -OCH3 is 1. The van der Waals surface area contributed by atoms with Crippen LogP contribution in [-0.4, -0.2) is 47.6 Å². The molecule has 1 atom stereocenters. The zero-order valence-corrected chi connectivity index (χ0v) is 18.7. The van der Waals surface area contributed by atoms with E-state index < -0.39 is 18.0 Å². The van der Waals surface area contributed by atoms with E-state index in [0.717, 1.165) is 29.9 Å². The second-order valence-corrected chi connectivity index (χ2v) is 8.26. The molecule has 0 unspecified atom stereocenters. The number of para-hydroxylation sites is 1. The molecule has 0 aliphatic carbocycles. The molecule has 8 heteroatoms. The maximum absolute atomic E-state index is 14.8. The maximum atomic E-state index is 14.8. The van der Waals surface area contributed by atoms with Crippen LogP contribution in [0, 0.1) is 12.2 Å². The SMILES string of the molecule is CO[C@@H](C(=O)Cc1cc(Cl)c(NC(=O)c2cn(C)c3ccccc23)cc1F)N1C[CH]CC1. The smallest absolute Gasteiger partial charge is 0.257 e. The Morgan fingerprint density at radius 1 is 1.28 bits per heavy atom. The van der Waals surface area contributed by atoms with E-state index >= 15 is 0 Å². The van der Waals surface area contributed by atoms with E-state index in [1.807, 2.05) is 40.8 Å². The molecular formula is C24H24ClFN3O3. The molecule has 0 bridgehead atoms. The minimum atomic E-state index is -0.724. The first kappa shape index (κ1) is 22.5. The molecule has 1 aliphatic rings. The number of ketones is 1. The molecule has 1 aliphatic heterocycles. The number of aromatic nitrogens is 1. The number of halogens is 2. The molecule has 1 saturated heterocycles. The number of ether oxygens (including phenoxy) is 1. The van der Waals surface area contributed by atoms with Crippen LogP contribution in [-0.2, 0) is 23.0 Å². The van der Waals surface area contributed by atoms with E-state index in [9.17, 15) is 14.0 Å². The van der Waals surface area contributed by atoms with Gasteiger partial charge >= 0.3 is 0 Å². The third-order valence-corrected chi connectivity index (χ3v) is 6.02. The Hall–Kier alpha value is -2.74. The molecule has 1 N–H and O–H groups in total. The van der Waals surface area contributed by atoms with Crippen molar-refractivity contribution in [1.29, 1.82) is 0 Å². The highest BCUT2D eigenvalue weighted by atomic mass is 35.5. The Kier molecular flexibility index (Phi) is 6.60. The third kappa shape index (κ3) is 4.41. The molecule has 167 valence electrons. The summed E-state index contributed by atoms with van der Waals surface area (Å²) >= 11 is 6.34. The minimum absolute atomic E-state index is 0.149. The van der Waals surface area contributed by atoms with E-state index in [1.54, 1.807) is 6.20 Å². The average molecular weight is 457 g/mol. The molecular weight excluding hydrogens is 433 g/mol. The number of carbonyl (C=O) groups is 2. The molecule has 1 aromatic heterocycles. The van der Waals surface area contributed by atoms with Crippen LogP contribution in [0.1, 0.15) is 22.3 Å². The van der Waals surface area contributed by atoms with E-state index in [0.29, 0.717) is 12.1 Å². The number of hydrogen-bond acceptors (Lipinski definition) is 4. The second kappa shape index (κ2) is 9.40. The summed E-state index contributed by atoms with van der Waals surface area (Å²) in [5.74, 6) is -1.25. The molecule has 0 spiro atoms. The lowest BCUT2D eigenvalue weighted by molar-refractivity contribution is -0.138. The van der Waals surface area contributed by atoms with Gasteiger partial charge in [-0.15, -0.1) is 0 Å². The predicted octanol–water partition coefficient (Wildman–Crippen LogP) is 4.22. The summed E-state index contributed by atoms with van der Waals surface area (Å²) < 4.78 is 22.0. The highest BCUT2D eigenvalue weighted by Gasteiger charge is 2.28. The van der Waals surface area contributed by atoms with E-state index in [4.69, 9.17) is 16.3 Å². The Morgan fingerprint density at radius 3 is 2.78 bits per heavy atom. The number of nitrogens with zero attached hydrogens (tertiary/aromatic N) is 2. The quantitative estimate of drug-likeness (QED) is 0.578. The van der Waals surface area contributed by atoms with Crippen LogP contribution in [0.2, 0.25) is 5.02 Å². The van der Waals surface area contributed by atoms with Crippen molar-refractivity contribution in [3.8, 4) is 0 Å². The molecule has 6 nitrogen and oxygen atoms in total. The van der Waals surface area contributed by atoms with E-state index in [1.165, 1.54) is 13.2 Å². The number of nitrogens with one attached hydrogen (secondary N) is 1. The number of fused-ring (bicyclic) bond motifs is 1. The summed E-state index contributed by atoms with van der Waals surface area (Å²) in [5, 5.41) is 3.63. The molecule has 2 heterocycles. The van der Waals surface area contributed by atoms with Crippen molar-refractivity contribution in [3.63, 3.8) is 0 Å². The van der Waals surface area contributed by atoms with Gasteiger partial charge in [0.05, 0.1) is 16.3 Å². The van der Waals surface area contributed by atoms with Crippen LogP contribution in [0.15, 0.2) is 42.6 Å². The Labute approximate surface area is 190 Å². The van der Waals surface area contributed by atoms with Gasteiger partial charge in [-0.1, -0.05) is 29.8 Å². The van der Waals surface area contributed by atoms with Gasteiger partial charge < -0.3 is 14.6 Å². The first-order chi connectivity index (χ1) is 15.4. The number of amides is 1. The Bertz CT molecular complexity index is 1170. The summed E-state index contributed by atoms with van der Waals surface area (Å²) in [6.45, 7) is 1.39. The van der Waals surface area contributed by atoms with Crippen molar-refractivity contribution in [1.82, 2.24) is 9.47 Å². The largest absolute Gasteiger partial charge is 0.359 e. The van der Waals surface area contributed by atoms with Crippen molar-refractivity contribution in [2.75, 3.05) is 25.5 Å². The number of likely N-dealkylation sites (tertiary alicyclic amines) is 1. The normalized spacial score (nSPS) is 15.2. The monoisotopic (exact) mass is 456 g/mol. The topological polar surface area (TPSA) is 63.6 Å². The lowest BCUT2D eigenvalue weighted by atomic mass is 10.1. The number of Topliss-reactive ketones (excluding diaryl/α,β-unsaturated/α-hetero) is 1. The number of anilines is 1. The van der Waals surface area contributed by atoms with Gasteiger partial charge in [0.2, 0.25) is 0 Å². The second-order valence-electron chi connectivity index (χ2n) is 7.85. The van der Waals surface area contributed by atoms with Crippen molar-refractivity contribution in [2.45, 2.75) is 19.1 Å². The minimum Gasteiger partial charge on any atom is -0.359 e. The fourth-order valence-electron chi connectivity index (χ4n) is 4.11. The third-order valence-electron chi connectivity index (χ3n) is 5.70. The molecule has 3 aromatic rings. The summed E-state index contributed by atoms with van der Waals surface area (Å²) in [5.41, 5.74) is 1.68. The lowest BCUT2D eigenvalue weighted by Crippen LogP contribution is -2.41. The molecule has 2 aromatic carbocycles. The predicted molar refractivity (Wildman–Crippen MR) is 122 cm³/mol. The zero-order valence-electron chi connectivity index (χ0n) is 17.9. The van der Waals surface area contributed by atoms with Crippen molar-refractivity contribution in [3.05, 3.63) is 71.0 Å². The standard InChI is InChI=1S/C24H24ClFN3O3/c1-28-14-17(16-7-3-4-8-21(16)28)23(31)27-20-13-19(26)15(11-18(20)25)12-22(30)24(32-2)29-9-5-6-10-29/h3-5,7-8,11,13-14,24H,6,9-10,12H2,1-2H3,(H,27,31)/t24-/m0/s1. The number of hydrogen-bond donors (Lipinski definition) is 1. The fraction of sp³-hybridized carbons (Fsp3) is 0.292. The van der Waals surface area contributed by atoms with E-state index in [-0.39, 0.29) is 28.5 Å². The summed E-state index contributed by atoms with van der Waals surface area (Å²) in [6.07, 6.45) is 3.80. The molecule has 32 heavy (non-hydrogen) atoms. The fourth-order valence-corrected chi connectivity index (χ4v) is 4.34. The van der Waals surface area contributed by atoms with Crippen molar-refractivity contribution < 1.29 is 18.7 Å². The molecule has 1 fully saturated rings. The Balaban J connectivity index is 1.52. The van der Waals surface area contributed by atoms with Gasteiger partial charge in [0.1, 0.15) is 5.82 Å². The molecule has 1 radical (unpaired) electrons. The van der Waals surface area contributed by atoms with Crippen molar-refractivity contribution >= 4 is 39.9 Å². The molecule has 0 saturated carbocycles. The lowest BCUT2D eigenvalue weighted by Gasteiger charge is -2.24. The first-order valence-corrected chi connectivity index (χ1v) is 10.7. The van der Waals surface area contributed by atoms with Crippen LogP contribution in [0.4, 0.5) is 10.1 Å². The zero-order chi connectivity index (χ0) is 22.8. The van der Waals surface area contributed by atoms with Gasteiger partial charge in [0.15, 0.2) is 12.0 Å². The number of benzene rings is 2. The average Bonchev–Trinajstić information content (AvgIpc) is 3.41. The van der Waals surface area contributed by atoms with Gasteiger partial charge in [-0.25, -0.2) is 4.39 Å². The van der Waals surface area contributed by atoms with Crippen LogP contribution in [0.25, 0.3) is 10.9 Å². The maximum Gasteiger partial charge on any atom is 0.257 e. The highest BCUT2D eigenvalue weighted by Crippen LogP contribution is 2.28. The Morgan fingerprint density at radius 2 is 2.06 bits per heavy atom. The van der Waals surface area contributed by atoms with Gasteiger partial charge in [0.25, 0.3) is 5.91 Å². The highest BCUT2D eigenvalue weighted by molar-refractivity contribution is 6.34. The first-order valence-electron chi connectivity index (χ1n) is 10.3. The number of rotatable bonds is 7. The van der Waals surface area contributed by atoms with Gasteiger partial charge in [-0.05, 0) is 36.6 Å². The van der Waals surface area contributed by atoms with Crippen LogP contribution in [0.5, 0.6) is 0 Å². The van der Waals surface area contributed by atoms with Gasteiger partial charge in [-0.3, -0.25) is 14.5 Å².